The Morgan fingerprint density at radius 1 is 0.560 bits per heavy atom. The quantitative estimate of drug-likeness (QED) is 0.266. The van der Waals surface area contributed by atoms with Crippen molar-refractivity contribution in [1.82, 2.24) is 9.97 Å². The Labute approximate surface area is 149 Å². The highest BCUT2D eigenvalue weighted by Crippen LogP contribution is 2.28. The van der Waals surface area contributed by atoms with Gasteiger partial charge in [-0.3, -0.25) is 0 Å². The molecule has 0 bridgehead atoms. The van der Waals surface area contributed by atoms with E-state index in [0.29, 0.717) is 5.15 Å². The normalized spacial score (nSPS) is 11.4. The largest absolute Gasteiger partial charge is 0.245 e. The van der Waals surface area contributed by atoms with Crippen molar-refractivity contribution in [2.24, 2.45) is 0 Å². The van der Waals surface area contributed by atoms with E-state index in [-0.39, 0.29) is 0 Å². The average Bonchev–Trinajstić information content (AvgIpc) is 2.67. The van der Waals surface area contributed by atoms with E-state index < -0.39 is 0 Å². The first-order valence-corrected chi connectivity index (χ1v) is 8.51. The fraction of sp³-hybridized carbons (Fsp3) is 0. The van der Waals surface area contributed by atoms with Crippen LogP contribution >= 0.6 is 11.6 Å². The summed E-state index contributed by atoms with van der Waals surface area (Å²) in [5, 5.41) is 5.02. The van der Waals surface area contributed by atoms with Crippen LogP contribution in [0.25, 0.3) is 43.8 Å². The predicted octanol–water partition coefficient (Wildman–Crippen LogP) is 6.26. The lowest BCUT2D eigenvalue weighted by molar-refractivity contribution is 1.37. The molecule has 0 amide bonds. The van der Waals surface area contributed by atoms with Gasteiger partial charge in [-0.1, -0.05) is 66.2 Å². The van der Waals surface area contributed by atoms with Crippen molar-refractivity contribution in [2.75, 3.05) is 0 Å². The minimum absolute atomic E-state index is 0.484. The van der Waals surface area contributed by atoms with Gasteiger partial charge in [-0.2, -0.15) is 0 Å². The van der Waals surface area contributed by atoms with Gasteiger partial charge in [0.2, 0.25) is 0 Å². The number of hydrogen-bond acceptors (Lipinski definition) is 2. The highest BCUT2D eigenvalue weighted by atomic mass is 35.5. The fourth-order valence-electron chi connectivity index (χ4n) is 3.25. The van der Waals surface area contributed by atoms with Crippen LogP contribution in [-0.2, 0) is 0 Å². The van der Waals surface area contributed by atoms with Gasteiger partial charge in [-0.15, -0.1) is 0 Å². The Balaban J connectivity index is 1.77. The van der Waals surface area contributed by atoms with Gasteiger partial charge in [-0.05, 0) is 35.0 Å². The third kappa shape index (κ3) is 2.43. The molecular formula is C22H13ClN2. The molecule has 0 spiro atoms. The average molecular weight is 341 g/mol. The fourth-order valence-corrected chi connectivity index (χ4v) is 3.40. The van der Waals surface area contributed by atoms with Crippen molar-refractivity contribution in [3.8, 4) is 11.3 Å². The molecule has 0 unspecified atom stereocenters. The van der Waals surface area contributed by atoms with Gasteiger partial charge in [-0.25, -0.2) is 9.97 Å². The van der Waals surface area contributed by atoms with Crippen LogP contribution in [0.4, 0.5) is 0 Å². The first-order valence-electron chi connectivity index (χ1n) is 8.13. The summed E-state index contributed by atoms with van der Waals surface area (Å²) in [6.07, 6.45) is 0. The summed E-state index contributed by atoms with van der Waals surface area (Å²) < 4.78 is 0. The first-order chi connectivity index (χ1) is 12.3. The van der Waals surface area contributed by atoms with Crippen LogP contribution in [0, 0.1) is 0 Å². The van der Waals surface area contributed by atoms with Gasteiger partial charge in [0.15, 0.2) is 0 Å². The zero-order valence-electron chi connectivity index (χ0n) is 13.3. The number of hydrogen-bond donors (Lipinski definition) is 0. The van der Waals surface area contributed by atoms with E-state index in [1.807, 2.05) is 12.1 Å². The minimum Gasteiger partial charge on any atom is -0.245 e. The molecule has 5 aromatic rings. The van der Waals surface area contributed by atoms with Crippen molar-refractivity contribution in [3.63, 3.8) is 0 Å². The predicted molar refractivity (Wildman–Crippen MR) is 105 cm³/mol. The summed E-state index contributed by atoms with van der Waals surface area (Å²) in [5.74, 6) is 0. The molecule has 2 aromatic heterocycles. The molecular weight excluding hydrogens is 328 g/mol. The van der Waals surface area contributed by atoms with Crippen LogP contribution < -0.4 is 0 Å². The Morgan fingerprint density at radius 2 is 1.20 bits per heavy atom. The zero-order valence-corrected chi connectivity index (χ0v) is 14.0. The summed E-state index contributed by atoms with van der Waals surface area (Å²) in [6, 6.07) is 26.8. The van der Waals surface area contributed by atoms with E-state index in [1.54, 1.807) is 0 Å². The van der Waals surface area contributed by atoms with Crippen LogP contribution in [-0.4, -0.2) is 9.97 Å². The maximum Gasteiger partial charge on any atom is 0.129 e. The number of aromatic nitrogens is 2. The molecule has 3 heteroatoms. The number of halogens is 1. The van der Waals surface area contributed by atoms with Crippen LogP contribution in [0.3, 0.4) is 0 Å². The molecule has 0 atom stereocenters. The standard InChI is InChI=1S/C22H13ClN2/c23-20-12-10-16-7-6-15-9-11-19(24-21(15)22(16)25-20)18-8-5-14-3-1-2-4-17(14)13-18/h1-13H. The first kappa shape index (κ1) is 14.4. The molecule has 2 heterocycles. The molecule has 5 rings (SSSR count). The lowest BCUT2D eigenvalue weighted by atomic mass is 10.0. The number of pyridine rings is 2. The molecule has 3 aromatic carbocycles. The molecule has 0 aliphatic carbocycles. The van der Waals surface area contributed by atoms with Gasteiger partial charge in [0, 0.05) is 16.3 Å². The second kappa shape index (κ2) is 5.54. The third-order valence-corrected chi connectivity index (χ3v) is 4.74. The molecule has 0 N–H and O–H groups in total. The molecule has 25 heavy (non-hydrogen) atoms. The van der Waals surface area contributed by atoms with E-state index in [1.165, 1.54) is 10.8 Å². The SMILES string of the molecule is Clc1ccc2ccc3ccc(-c4ccc5ccccc5c4)nc3c2n1. The highest BCUT2D eigenvalue weighted by Gasteiger charge is 2.07. The Kier molecular flexibility index (Phi) is 3.19. The second-order valence-electron chi connectivity index (χ2n) is 6.10. The smallest absolute Gasteiger partial charge is 0.129 e. The van der Waals surface area contributed by atoms with E-state index in [4.69, 9.17) is 16.6 Å². The van der Waals surface area contributed by atoms with E-state index >= 15 is 0 Å². The van der Waals surface area contributed by atoms with Gasteiger partial charge < -0.3 is 0 Å². The van der Waals surface area contributed by atoms with Crippen molar-refractivity contribution in [1.29, 1.82) is 0 Å². The van der Waals surface area contributed by atoms with Crippen molar-refractivity contribution in [3.05, 3.63) is 84.0 Å². The van der Waals surface area contributed by atoms with Crippen LogP contribution in [0.15, 0.2) is 78.9 Å². The number of rotatable bonds is 1. The summed E-state index contributed by atoms with van der Waals surface area (Å²) in [6.45, 7) is 0. The van der Waals surface area contributed by atoms with Gasteiger partial charge in [0.1, 0.15) is 5.15 Å². The van der Waals surface area contributed by atoms with Crippen LogP contribution in [0.2, 0.25) is 5.15 Å². The molecule has 0 fully saturated rings. The van der Waals surface area contributed by atoms with Gasteiger partial charge in [0.05, 0.1) is 16.7 Å². The van der Waals surface area contributed by atoms with E-state index in [0.717, 1.165) is 33.1 Å². The zero-order chi connectivity index (χ0) is 16.8. The molecule has 2 nitrogen and oxygen atoms in total. The Bertz CT molecular complexity index is 1260. The number of benzene rings is 3. The summed E-state index contributed by atoms with van der Waals surface area (Å²) >= 11 is 6.10. The summed E-state index contributed by atoms with van der Waals surface area (Å²) in [7, 11) is 0. The Hall–Kier alpha value is -2.97. The number of nitrogens with zero attached hydrogens (tertiary/aromatic N) is 2. The molecule has 0 aliphatic heterocycles. The maximum atomic E-state index is 6.10. The van der Waals surface area contributed by atoms with Gasteiger partial charge >= 0.3 is 0 Å². The lowest BCUT2D eigenvalue weighted by Gasteiger charge is -2.07. The van der Waals surface area contributed by atoms with E-state index in [9.17, 15) is 0 Å². The van der Waals surface area contributed by atoms with Crippen molar-refractivity contribution >= 4 is 44.2 Å². The molecule has 0 radical (unpaired) electrons. The third-order valence-electron chi connectivity index (χ3n) is 4.53. The van der Waals surface area contributed by atoms with Crippen LogP contribution in [0.1, 0.15) is 0 Å². The second-order valence-corrected chi connectivity index (χ2v) is 6.49. The van der Waals surface area contributed by atoms with E-state index in [2.05, 4.69) is 71.7 Å². The topological polar surface area (TPSA) is 25.8 Å². The summed E-state index contributed by atoms with van der Waals surface area (Å²) in [4.78, 5) is 9.39. The molecule has 0 aliphatic rings. The minimum atomic E-state index is 0.484. The monoisotopic (exact) mass is 340 g/mol. The molecule has 118 valence electrons. The number of fused-ring (bicyclic) bond motifs is 4. The molecule has 0 saturated carbocycles. The maximum absolute atomic E-state index is 6.10. The van der Waals surface area contributed by atoms with Crippen molar-refractivity contribution < 1.29 is 0 Å². The Morgan fingerprint density at radius 3 is 2.04 bits per heavy atom. The van der Waals surface area contributed by atoms with Crippen LogP contribution in [0.5, 0.6) is 0 Å². The lowest BCUT2D eigenvalue weighted by Crippen LogP contribution is -1.89. The molecule has 0 saturated heterocycles. The summed E-state index contributed by atoms with van der Waals surface area (Å²) in [5.41, 5.74) is 3.76. The highest BCUT2D eigenvalue weighted by molar-refractivity contribution is 6.30. The van der Waals surface area contributed by atoms with Crippen molar-refractivity contribution in [2.45, 2.75) is 0 Å². The van der Waals surface area contributed by atoms with Gasteiger partial charge in [0.25, 0.3) is 0 Å².